The zero-order valence-electron chi connectivity index (χ0n) is 28.1. The van der Waals surface area contributed by atoms with E-state index >= 15 is 0 Å². The number of nitrogens with zero attached hydrogens (tertiary/aromatic N) is 2. The van der Waals surface area contributed by atoms with E-state index in [0.29, 0.717) is 48.5 Å². The minimum absolute atomic E-state index is 0.0744. The number of carbonyl (C=O) groups excluding carboxylic acids is 2. The van der Waals surface area contributed by atoms with E-state index in [1.807, 2.05) is 0 Å². The summed E-state index contributed by atoms with van der Waals surface area (Å²) in [6.45, 7) is 0. The number of carbonyl (C=O) groups is 2. The molecule has 0 saturated heterocycles. The molecule has 0 aliphatic heterocycles. The second-order valence-corrected chi connectivity index (χ2v) is 12.0. The highest BCUT2D eigenvalue weighted by molar-refractivity contribution is 6.07. The number of anilines is 2. The van der Waals surface area contributed by atoms with Crippen molar-refractivity contribution in [3.05, 3.63) is 151 Å². The minimum Gasteiger partial charge on any atom is -0.322 e. The summed E-state index contributed by atoms with van der Waals surface area (Å²) in [5.74, 6) is -2.18. The predicted octanol–water partition coefficient (Wildman–Crippen LogP) is 11.4. The third kappa shape index (κ3) is 9.16. The molecule has 5 aromatic carbocycles. The summed E-state index contributed by atoms with van der Waals surface area (Å²) in [4.78, 5) is 45.5. The van der Waals surface area contributed by atoms with Crippen LogP contribution >= 0.6 is 0 Å². The molecule has 0 atom stereocenters. The van der Waals surface area contributed by atoms with Crippen LogP contribution in [0.3, 0.4) is 0 Å². The topological polar surface area (TPSA) is 144 Å². The Morgan fingerprint density at radius 2 is 0.672 bits per heavy atom. The Labute approximate surface area is 315 Å². The number of nitro groups is 2. The smallest absolute Gasteiger partial charge is 0.322 e. The molecule has 0 heterocycles. The Kier molecular flexibility index (Phi) is 11.0. The fourth-order valence-electron chi connectivity index (χ4n) is 5.59. The molecule has 0 radical (unpaired) electrons. The number of amides is 2. The molecule has 0 unspecified atom stereocenters. The number of hydrogen-bond acceptors (Lipinski definition) is 6. The van der Waals surface area contributed by atoms with Crippen LogP contribution in [0, 0.1) is 20.2 Å². The van der Waals surface area contributed by atoms with Crippen molar-refractivity contribution in [2.24, 2.45) is 0 Å². The van der Waals surface area contributed by atoms with Gasteiger partial charge in [-0.2, -0.15) is 52.7 Å². The van der Waals surface area contributed by atoms with E-state index in [0.717, 1.165) is 36.4 Å². The Morgan fingerprint density at radius 1 is 0.414 bits per heavy atom. The summed E-state index contributed by atoms with van der Waals surface area (Å²) < 4.78 is 167. The third-order valence-corrected chi connectivity index (χ3v) is 8.19. The molecule has 0 saturated carbocycles. The maximum atomic E-state index is 14.1. The van der Waals surface area contributed by atoms with Gasteiger partial charge in [-0.05, 0) is 82.9 Å². The molecule has 2 amide bonds. The highest BCUT2D eigenvalue weighted by Gasteiger charge is 2.41. The summed E-state index contributed by atoms with van der Waals surface area (Å²) in [7, 11) is 0. The third-order valence-electron chi connectivity index (χ3n) is 8.19. The van der Waals surface area contributed by atoms with Gasteiger partial charge in [0.15, 0.2) is 0 Å². The van der Waals surface area contributed by atoms with Gasteiger partial charge < -0.3 is 10.6 Å². The van der Waals surface area contributed by atoms with E-state index in [1.165, 1.54) is 0 Å². The Morgan fingerprint density at radius 3 is 0.931 bits per heavy atom. The number of rotatable bonds is 8. The van der Waals surface area contributed by atoms with Gasteiger partial charge >= 0.3 is 24.7 Å². The molecule has 2 N–H and O–H groups in total. The molecule has 58 heavy (non-hydrogen) atoms. The molecule has 0 fully saturated rings. The first-order valence-electron chi connectivity index (χ1n) is 15.6. The fraction of sp³-hybridized carbons (Fsp3) is 0.111. The SMILES string of the molecule is O=C(Nc1ccc(-c2ccc([N+](=O)[O-])cc2C(F)(F)F)c(C(F)(F)F)c1)c1ccc(C(=O)Nc2ccc(-c3ccc([N+](=O)[O-])cc3C(F)(F)F)c(C(F)(F)F)c2)cc1. The van der Waals surface area contributed by atoms with Crippen LogP contribution < -0.4 is 10.6 Å². The van der Waals surface area contributed by atoms with E-state index in [9.17, 15) is 82.5 Å². The van der Waals surface area contributed by atoms with Gasteiger partial charge in [-0.25, -0.2) is 0 Å². The number of nitro benzene ring substituents is 2. The van der Waals surface area contributed by atoms with Crippen LogP contribution in [0.25, 0.3) is 22.3 Å². The van der Waals surface area contributed by atoms with Crippen molar-refractivity contribution in [3.63, 3.8) is 0 Å². The minimum atomic E-state index is -5.31. The zero-order valence-corrected chi connectivity index (χ0v) is 28.1. The molecule has 0 aliphatic rings. The van der Waals surface area contributed by atoms with E-state index < -0.39 is 114 Å². The maximum absolute atomic E-state index is 14.1. The second kappa shape index (κ2) is 15.2. The summed E-state index contributed by atoms with van der Waals surface area (Å²) in [5.41, 5.74) is -14.6. The van der Waals surface area contributed by atoms with Gasteiger partial charge in [-0.15, -0.1) is 0 Å². The van der Waals surface area contributed by atoms with Crippen LogP contribution in [0.2, 0.25) is 0 Å². The maximum Gasteiger partial charge on any atom is 0.417 e. The van der Waals surface area contributed by atoms with Gasteiger partial charge in [-0.1, -0.05) is 12.1 Å². The van der Waals surface area contributed by atoms with Crippen molar-refractivity contribution in [3.8, 4) is 22.3 Å². The first-order valence-corrected chi connectivity index (χ1v) is 15.6. The van der Waals surface area contributed by atoms with E-state index in [-0.39, 0.29) is 23.3 Å². The summed E-state index contributed by atoms with van der Waals surface area (Å²) in [6.07, 6.45) is -21.2. The molecular weight excluding hydrogens is 812 g/mol. The normalized spacial score (nSPS) is 12.2. The van der Waals surface area contributed by atoms with Gasteiger partial charge in [-0.3, -0.25) is 29.8 Å². The van der Waals surface area contributed by atoms with Crippen LogP contribution in [0.5, 0.6) is 0 Å². The van der Waals surface area contributed by atoms with Crippen LogP contribution in [-0.4, -0.2) is 21.7 Å². The monoisotopic (exact) mass is 830 g/mol. The van der Waals surface area contributed by atoms with Crippen molar-refractivity contribution >= 4 is 34.6 Å². The fourth-order valence-corrected chi connectivity index (χ4v) is 5.59. The molecular formula is C36H18F12N4O6. The lowest BCUT2D eigenvalue weighted by molar-refractivity contribution is -0.385. The highest BCUT2D eigenvalue weighted by atomic mass is 19.4. The Balaban J connectivity index is 1.38. The number of nitrogens with one attached hydrogen (secondary N) is 2. The van der Waals surface area contributed by atoms with E-state index in [2.05, 4.69) is 10.6 Å². The van der Waals surface area contributed by atoms with Crippen molar-refractivity contribution in [2.45, 2.75) is 24.7 Å². The average molecular weight is 831 g/mol. The molecule has 22 heteroatoms. The highest BCUT2D eigenvalue weighted by Crippen LogP contribution is 2.46. The van der Waals surface area contributed by atoms with E-state index in [4.69, 9.17) is 0 Å². The first kappa shape index (κ1) is 42.1. The molecule has 5 aromatic rings. The summed E-state index contributed by atoms with van der Waals surface area (Å²) in [5, 5.41) is 26.2. The van der Waals surface area contributed by atoms with Crippen LogP contribution in [0.15, 0.2) is 97.1 Å². The van der Waals surface area contributed by atoms with Gasteiger partial charge in [0, 0.05) is 46.8 Å². The lowest BCUT2D eigenvalue weighted by atomic mass is 9.93. The summed E-state index contributed by atoms with van der Waals surface area (Å²) in [6, 6.07) is 9.76. The molecule has 0 aromatic heterocycles. The van der Waals surface area contributed by atoms with Gasteiger partial charge in [0.2, 0.25) is 0 Å². The lowest BCUT2D eigenvalue weighted by Gasteiger charge is -2.19. The zero-order chi connectivity index (χ0) is 43.1. The van der Waals surface area contributed by atoms with Gasteiger partial charge in [0.1, 0.15) is 0 Å². The predicted molar refractivity (Wildman–Crippen MR) is 179 cm³/mol. The standard InChI is InChI=1S/C36H18F12N4O6/c37-33(38,39)27-13-19(5-9-23(27)25-11-7-21(51(55)56)15-29(25)35(43,44)45)49-31(53)17-1-2-18(4-3-17)32(54)50-20-6-10-24(28(14-20)34(40,41)42)26-12-8-22(52(57)58)16-30(26)36(46,47)48/h1-16H,(H,49,53)(H,50,54). The Bertz CT molecular complexity index is 2290. The van der Waals surface area contributed by atoms with E-state index in [1.54, 1.807) is 0 Å². The molecule has 5 rings (SSSR count). The average Bonchev–Trinajstić information content (AvgIpc) is 3.13. The second-order valence-electron chi connectivity index (χ2n) is 12.0. The molecule has 0 bridgehead atoms. The number of non-ortho nitro benzene ring substituents is 2. The largest absolute Gasteiger partial charge is 0.417 e. The van der Waals surface area contributed by atoms with Crippen LogP contribution in [0.4, 0.5) is 75.4 Å². The van der Waals surface area contributed by atoms with Crippen molar-refractivity contribution in [2.75, 3.05) is 10.6 Å². The molecule has 0 aliphatic carbocycles. The molecule has 0 spiro atoms. The number of benzene rings is 5. The number of halogens is 12. The van der Waals surface area contributed by atoms with Gasteiger partial charge in [0.05, 0.1) is 32.1 Å². The van der Waals surface area contributed by atoms with Gasteiger partial charge in [0.25, 0.3) is 23.2 Å². The quantitative estimate of drug-likeness (QED) is 0.0905. The van der Waals surface area contributed by atoms with Crippen molar-refractivity contribution in [1.29, 1.82) is 0 Å². The molecule has 302 valence electrons. The lowest BCUT2D eigenvalue weighted by Crippen LogP contribution is -2.16. The first-order chi connectivity index (χ1) is 26.8. The molecule has 10 nitrogen and oxygen atoms in total. The van der Waals surface area contributed by atoms with Crippen LogP contribution in [-0.2, 0) is 24.7 Å². The van der Waals surface area contributed by atoms with Crippen LogP contribution in [0.1, 0.15) is 43.0 Å². The number of hydrogen-bond donors (Lipinski definition) is 2. The number of alkyl halides is 12. The Hall–Kier alpha value is -7.00. The van der Waals surface area contributed by atoms with Crippen molar-refractivity contribution < 1.29 is 72.1 Å². The summed E-state index contributed by atoms with van der Waals surface area (Å²) >= 11 is 0. The van der Waals surface area contributed by atoms with Crippen molar-refractivity contribution in [1.82, 2.24) is 0 Å².